The van der Waals surface area contributed by atoms with Gasteiger partial charge in [-0.2, -0.15) is 0 Å². The van der Waals surface area contributed by atoms with Crippen molar-refractivity contribution in [1.29, 1.82) is 0 Å². The van der Waals surface area contributed by atoms with Gasteiger partial charge in [-0.25, -0.2) is 4.98 Å². The average Bonchev–Trinajstić information content (AvgIpc) is 2.96. The molecule has 0 amide bonds. The molecule has 1 saturated heterocycles. The minimum absolute atomic E-state index is 0.287. The summed E-state index contributed by atoms with van der Waals surface area (Å²) in [6, 6.07) is 8.39. The van der Waals surface area contributed by atoms with Crippen LogP contribution in [-0.2, 0) is 17.9 Å². The molecule has 1 aliphatic rings. The third-order valence-electron chi connectivity index (χ3n) is 3.85. The van der Waals surface area contributed by atoms with Crippen molar-refractivity contribution in [2.45, 2.75) is 19.2 Å². The highest BCUT2D eigenvalue weighted by Crippen LogP contribution is 2.29. The number of benzene rings is 1. The Morgan fingerprint density at radius 2 is 2.32 bits per heavy atom. The fourth-order valence-corrected chi connectivity index (χ4v) is 3.82. The van der Waals surface area contributed by atoms with Gasteiger partial charge in [-0.05, 0) is 11.6 Å². The van der Waals surface area contributed by atoms with E-state index in [1.807, 2.05) is 18.2 Å². The van der Waals surface area contributed by atoms with E-state index in [-0.39, 0.29) is 6.04 Å². The van der Waals surface area contributed by atoms with Gasteiger partial charge in [-0.15, -0.1) is 11.3 Å². The molecule has 1 aromatic carbocycles. The molecular weight excluding hydrogens is 318 g/mol. The quantitative estimate of drug-likeness (QED) is 0.909. The monoisotopic (exact) mass is 337 g/mol. The molecule has 0 saturated carbocycles. The van der Waals surface area contributed by atoms with Gasteiger partial charge in [0.05, 0.1) is 12.3 Å². The van der Waals surface area contributed by atoms with Gasteiger partial charge in [0.25, 0.3) is 0 Å². The van der Waals surface area contributed by atoms with Crippen molar-refractivity contribution in [2.75, 3.05) is 26.7 Å². The van der Waals surface area contributed by atoms with Crippen LogP contribution < -0.4 is 5.32 Å². The van der Waals surface area contributed by atoms with E-state index < -0.39 is 0 Å². The predicted molar refractivity (Wildman–Crippen MR) is 90.3 cm³/mol. The lowest BCUT2D eigenvalue weighted by Crippen LogP contribution is -2.45. The Morgan fingerprint density at radius 3 is 3.14 bits per heavy atom. The summed E-state index contributed by atoms with van der Waals surface area (Å²) >= 11 is 8.05. The summed E-state index contributed by atoms with van der Waals surface area (Å²) in [6.07, 6.45) is 0. The van der Waals surface area contributed by atoms with Gasteiger partial charge in [0.15, 0.2) is 0 Å². The van der Waals surface area contributed by atoms with E-state index in [1.165, 1.54) is 5.56 Å². The Bertz CT molecular complexity index is 619. The van der Waals surface area contributed by atoms with Gasteiger partial charge < -0.3 is 10.1 Å². The Balaban J connectivity index is 1.76. The fraction of sp³-hybridized carbons (Fsp3) is 0.438. The smallest absolute Gasteiger partial charge is 0.119 e. The molecule has 0 bridgehead atoms. The molecule has 0 aliphatic carbocycles. The third kappa shape index (κ3) is 3.67. The van der Waals surface area contributed by atoms with Gasteiger partial charge in [0, 0.05) is 49.7 Å². The SMILES string of the molecule is COCc1nc(CN2CCNCC2c2ccccc2Cl)cs1. The van der Waals surface area contributed by atoms with E-state index in [1.54, 1.807) is 18.4 Å². The molecular formula is C16H20ClN3OS. The maximum Gasteiger partial charge on any atom is 0.119 e. The van der Waals surface area contributed by atoms with Crippen molar-refractivity contribution in [1.82, 2.24) is 15.2 Å². The lowest BCUT2D eigenvalue weighted by molar-refractivity contribution is 0.151. The van der Waals surface area contributed by atoms with Crippen molar-refractivity contribution in [3.8, 4) is 0 Å². The number of nitrogens with one attached hydrogen (secondary N) is 1. The third-order valence-corrected chi connectivity index (χ3v) is 5.07. The molecule has 0 spiro atoms. The molecule has 1 aliphatic heterocycles. The highest BCUT2D eigenvalue weighted by atomic mass is 35.5. The summed E-state index contributed by atoms with van der Waals surface area (Å²) in [5.41, 5.74) is 2.29. The molecule has 1 aromatic heterocycles. The molecule has 1 atom stereocenters. The number of ether oxygens (including phenoxy) is 1. The number of aromatic nitrogens is 1. The van der Waals surface area contributed by atoms with Crippen molar-refractivity contribution >= 4 is 22.9 Å². The number of hydrogen-bond donors (Lipinski definition) is 1. The predicted octanol–water partition coefficient (Wildman–Crippen LogP) is 3.09. The summed E-state index contributed by atoms with van der Waals surface area (Å²) < 4.78 is 5.14. The normalized spacial score (nSPS) is 19.5. The Hall–Kier alpha value is -0.980. The van der Waals surface area contributed by atoms with Crippen molar-refractivity contribution < 1.29 is 4.74 Å². The van der Waals surface area contributed by atoms with E-state index >= 15 is 0 Å². The summed E-state index contributed by atoms with van der Waals surface area (Å²) in [5.74, 6) is 0. The minimum Gasteiger partial charge on any atom is -0.378 e. The van der Waals surface area contributed by atoms with Crippen LogP contribution in [0.3, 0.4) is 0 Å². The number of hydrogen-bond acceptors (Lipinski definition) is 5. The van der Waals surface area contributed by atoms with Crippen LogP contribution in [0.2, 0.25) is 5.02 Å². The van der Waals surface area contributed by atoms with Gasteiger partial charge in [0.1, 0.15) is 5.01 Å². The molecule has 1 N–H and O–H groups in total. The molecule has 118 valence electrons. The standard InChI is InChI=1S/C16H20ClN3OS/c1-21-10-16-19-12(11-22-16)9-20-7-6-18-8-15(20)13-4-2-3-5-14(13)17/h2-5,11,15,18H,6-10H2,1H3. The van der Waals surface area contributed by atoms with Gasteiger partial charge in [-0.3, -0.25) is 4.90 Å². The molecule has 4 nitrogen and oxygen atoms in total. The number of piperazine rings is 1. The summed E-state index contributed by atoms with van der Waals surface area (Å²) in [4.78, 5) is 7.09. The van der Waals surface area contributed by atoms with Gasteiger partial charge in [-0.1, -0.05) is 29.8 Å². The number of nitrogens with zero attached hydrogens (tertiary/aromatic N) is 2. The first-order chi connectivity index (χ1) is 10.8. The minimum atomic E-state index is 0.287. The number of methoxy groups -OCH3 is 1. The Morgan fingerprint density at radius 1 is 1.45 bits per heavy atom. The van der Waals surface area contributed by atoms with E-state index in [2.05, 4.69) is 26.6 Å². The molecule has 0 radical (unpaired) electrons. The van der Waals surface area contributed by atoms with Crippen LogP contribution in [0.25, 0.3) is 0 Å². The zero-order chi connectivity index (χ0) is 15.4. The lowest BCUT2D eigenvalue weighted by Gasteiger charge is -2.36. The molecule has 6 heteroatoms. The van der Waals surface area contributed by atoms with E-state index in [0.29, 0.717) is 6.61 Å². The second kappa shape index (κ2) is 7.53. The highest BCUT2D eigenvalue weighted by molar-refractivity contribution is 7.09. The first-order valence-corrected chi connectivity index (χ1v) is 8.65. The summed E-state index contributed by atoms with van der Waals surface area (Å²) in [5, 5.41) is 7.45. The Labute approximate surface area is 140 Å². The van der Waals surface area contributed by atoms with Crippen LogP contribution in [0.15, 0.2) is 29.6 Å². The van der Waals surface area contributed by atoms with Crippen LogP contribution >= 0.6 is 22.9 Å². The van der Waals surface area contributed by atoms with Crippen LogP contribution in [0.5, 0.6) is 0 Å². The summed E-state index contributed by atoms with van der Waals surface area (Å²) in [7, 11) is 1.70. The maximum absolute atomic E-state index is 6.39. The topological polar surface area (TPSA) is 37.4 Å². The van der Waals surface area contributed by atoms with Gasteiger partial charge in [0.2, 0.25) is 0 Å². The van der Waals surface area contributed by atoms with E-state index in [0.717, 1.165) is 41.9 Å². The zero-order valence-electron chi connectivity index (χ0n) is 12.6. The van der Waals surface area contributed by atoms with E-state index in [4.69, 9.17) is 16.3 Å². The Kier molecular flexibility index (Phi) is 5.44. The zero-order valence-corrected chi connectivity index (χ0v) is 14.2. The molecule has 1 unspecified atom stereocenters. The molecule has 3 rings (SSSR count). The first-order valence-electron chi connectivity index (χ1n) is 7.39. The van der Waals surface area contributed by atoms with Crippen LogP contribution in [0, 0.1) is 0 Å². The number of thiazole rings is 1. The van der Waals surface area contributed by atoms with Crippen LogP contribution in [0.4, 0.5) is 0 Å². The molecule has 2 heterocycles. The lowest BCUT2D eigenvalue weighted by atomic mass is 10.0. The fourth-order valence-electron chi connectivity index (χ4n) is 2.81. The largest absolute Gasteiger partial charge is 0.378 e. The number of halogens is 1. The van der Waals surface area contributed by atoms with Crippen LogP contribution in [-0.4, -0.2) is 36.6 Å². The number of rotatable bonds is 5. The molecule has 22 heavy (non-hydrogen) atoms. The summed E-state index contributed by atoms with van der Waals surface area (Å²) in [6.45, 7) is 4.33. The van der Waals surface area contributed by atoms with Crippen LogP contribution in [0.1, 0.15) is 22.3 Å². The molecule has 1 fully saturated rings. The average molecular weight is 338 g/mol. The van der Waals surface area contributed by atoms with Gasteiger partial charge >= 0.3 is 0 Å². The van der Waals surface area contributed by atoms with E-state index in [9.17, 15) is 0 Å². The maximum atomic E-state index is 6.39. The molecule has 2 aromatic rings. The second-order valence-corrected chi connectivity index (χ2v) is 6.73. The van der Waals surface area contributed by atoms with Crippen molar-refractivity contribution in [2.24, 2.45) is 0 Å². The van der Waals surface area contributed by atoms with Crippen molar-refractivity contribution in [3.63, 3.8) is 0 Å². The van der Waals surface area contributed by atoms with Crippen molar-refractivity contribution in [3.05, 3.63) is 50.9 Å². The second-order valence-electron chi connectivity index (χ2n) is 5.38. The highest BCUT2D eigenvalue weighted by Gasteiger charge is 2.25. The first kappa shape index (κ1) is 15.9.